The summed E-state index contributed by atoms with van der Waals surface area (Å²) >= 11 is 0. The molecule has 63 heavy (non-hydrogen) atoms. The van der Waals surface area contributed by atoms with E-state index >= 15 is 8.42 Å². The standard InChI is InChI=1S/C42H36F7N3O9S2/c1-60-32-15-18-34(19-16-32)62(56,57)52(31-9-4-7-28(23-31)42(47,48)49)39(40(54)55)35-24-33(61-2)17-20-37(35)63(58,59)51(30-8-3-6-27(22-30)41(44,45)46)25-38(53)50-21-5-10-36(50)26-11-13-29(43)14-12-26/h3-4,6-9,11-20,22-24,36,39H,5,10,21,25H2,1-2H3,(H,54,55). The zero-order chi connectivity index (χ0) is 46.1. The number of nitrogens with zero attached hydrogens (tertiary/aromatic N) is 3. The van der Waals surface area contributed by atoms with Crippen molar-refractivity contribution in [1.82, 2.24) is 4.90 Å². The summed E-state index contributed by atoms with van der Waals surface area (Å²) in [7, 11) is -8.46. The molecule has 0 saturated carbocycles. The largest absolute Gasteiger partial charge is 0.497 e. The molecule has 2 atom stereocenters. The van der Waals surface area contributed by atoms with Gasteiger partial charge in [-0.15, -0.1) is 0 Å². The number of hydrogen-bond acceptors (Lipinski definition) is 8. The first-order valence-corrected chi connectivity index (χ1v) is 21.5. The molecule has 0 bridgehead atoms. The lowest BCUT2D eigenvalue weighted by Crippen LogP contribution is -2.44. The van der Waals surface area contributed by atoms with Gasteiger partial charge < -0.3 is 19.5 Å². The van der Waals surface area contributed by atoms with Gasteiger partial charge in [-0.05, 0) is 109 Å². The van der Waals surface area contributed by atoms with Crippen LogP contribution < -0.4 is 18.1 Å². The number of hydrogen-bond donors (Lipinski definition) is 1. The molecule has 1 aliphatic rings. The first kappa shape index (κ1) is 46.2. The number of benzene rings is 5. The summed E-state index contributed by atoms with van der Waals surface area (Å²) in [6.07, 6.45) is -9.36. The molecular weight excluding hydrogens is 888 g/mol. The number of carbonyl (C=O) groups excluding carboxylic acids is 1. The summed E-state index contributed by atoms with van der Waals surface area (Å²) < 4.78 is 169. The van der Waals surface area contributed by atoms with E-state index in [1.807, 2.05) is 0 Å². The smallest absolute Gasteiger partial charge is 0.416 e. The molecule has 1 fully saturated rings. The number of sulfonamides is 2. The maximum absolute atomic E-state index is 15.2. The van der Waals surface area contributed by atoms with Crippen molar-refractivity contribution in [3.8, 4) is 11.5 Å². The zero-order valence-electron chi connectivity index (χ0n) is 33.0. The molecule has 1 amide bonds. The second kappa shape index (κ2) is 17.8. The van der Waals surface area contributed by atoms with Gasteiger partial charge in [0.15, 0.2) is 6.04 Å². The fraction of sp³-hybridized carbons (Fsp3) is 0.238. The Bertz CT molecular complexity index is 2720. The normalized spacial score (nSPS) is 15.1. The highest BCUT2D eigenvalue weighted by molar-refractivity contribution is 7.93. The maximum atomic E-state index is 15.2. The van der Waals surface area contributed by atoms with Gasteiger partial charge in [0, 0.05) is 12.1 Å². The first-order valence-electron chi connectivity index (χ1n) is 18.6. The van der Waals surface area contributed by atoms with E-state index in [2.05, 4.69) is 0 Å². The van der Waals surface area contributed by atoms with Crippen molar-refractivity contribution in [2.24, 2.45) is 0 Å². The highest BCUT2D eigenvalue weighted by Gasteiger charge is 2.44. The van der Waals surface area contributed by atoms with Crippen LogP contribution in [0.2, 0.25) is 0 Å². The van der Waals surface area contributed by atoms with E-state index in [4.69, 9.17) is 9.47 Å². The molecule has 1 aliphatic heterocycles. The van der Waals surface area contributed by atoms with Gasteiger partial charge >= 0.3 is 18.3 Å². The molecule has 5 aromatic carbocycles. The molecule has 6 rings (SSSR count). The SMILES string of the molecule is COc1ccc(S(=O)(=O)N(c2cccc(C(F)(F)F)c2)C(C(=O)O)c2cc(OC)ccc2S(=O)(=O)N(CC(=O)N2CCCC2c2ccc(F)cc2)c2cccc(C(F)(F)F)c2)cc1. The first-order chi connectivity index (χ1) is 29.6. The number of ether oxygens (including phenoxy) is 2. The Kier molecular flexibility index (Phi) is 13.0. The van der Waals surface area contributed by atoms with Crippen LogP contribution in [0.3, 0.4) is 0 Å². The number of halogens is 7. The molecule has 5 aromatic rings. The van der Waals surface area contributed by atoms with Crippen LogP contribution in [0, 0.1) is 5.82 Å². The van der Waals surface area contributed by atoms with Crippen LogP contribution in [-0.4, -0.2) is 66.0 Å². The third-order valence-electron chi connectivity index (χ3n) is 10.2. The van der Waals surface area contributed by atoms with E-state index in [0.29, 0.717) is 47.0 Å². The van der Waals surface area contributed by atoms with Crippen molar-refractivity contribution in [2.45, 2.75) is 47.1 Å². The van der Waals surface area contributed by atoms with Gasteiger partial charge in [0.25, 0.3) is 20.0 Å². The van der Waals surface area contributed by atoms with E-state index in [-0.39, 0.29) is 22.3 Å². The van der Waals surface area contributed by atoms with Crippen molar-refractivity contribution in [2.75, 3.05) is 35.9 Å². The van der Waals surface area contributed by atoms with Crippen molar-refractivity contribution < 1.29 is 71.7 Å². The van der Waals surface area contributed by atoms with Crippen LogP contribution in [0.4, 0.5) is 42.1 Å². The molecule has 1 saturated heterocycles. The minimum Gasteiger partial charge on any atom is -0.497 e. The van der Waals surface area contributed by atoms with Gasteiger partial charge in [-0.1, -0.05) is 24.3 Å². The Labute approximate surface area is 356 Å². The number of anilines is 2. The number of carboxylic acid groups (broad SMARTS) is 1. The van der Waals surface area contributed by atoms with E-state index in [1.165, 1.54) is 36.3 Å². The predicted octanol–water partition coefficient (Wildman–Crippen LogP) is 8.46. The van der Waals surface area contributed by atoms with Crippen molar-refractivity contribution in [3.05, 3.63) is 143 Å². The number of carboxylic acids is 1. The maximum Gasteiger partial charge on any atom is 0.416 e. The Hall–Kier alpha value is -6.35. The molecule has 0 aliphatic carbocycles. The number of rotatable bonds is 14. The Morgan fingerprint density at radius 3 is 1.86 bits per heavy atom. The van der Waals surface area contributed by atoms with Crippen molar-refractivity contribution >= 4 is 43.3 Å². The topological polar surface area (TPSA) is 151 Å². The second-order valence-electron chi connectivity index (χ2n) is 14.0. The lowest BCUT2D eigenvalue weighted by atomic mass is 10.0. The van der Waals surface area contributed by atoms with E-state index < -0.39 is 107 Å². The number of carbonyl (C=O) groups is 2. The van der Waals surface area contributed by atoms with Crippen LogP contribution in [0.15, 0.2) is 125 Å². The van der Waals surface area contributed by atoms with Gasteiger partial charge in [-0.2, -0.15) is 26.3 Å². The molecule has 12 nitrogen and oxygen atoms in total. The average molecular weight is 924 g/mol. The van der Waals surface area contributed by atoms with Gasteiger partial charge in [0.1, 0.15) is 23.9 Å². The number of alkyl halides is 6. The molecule has 0 spiro atoms. The third kappa shape index (κ3) is 9.68. The summed E-state index contributed by atoms with van der Waals surface area (Å²) in [5, 5.41) is 11.0. The summed E-state index contributed by atoms with van der Waals surface area (Å²) in [5.74, 6) is -3.76. The molecule has 1 heterocycles. The van der Waals surface area contributed by atoms with Gasteiger partial charge in [0.2, 0.25) is 5.91 Å². The van der Waals surface area contributed by atoms with Crippen molar-refractivity contribution in [3.63, 3.8) is 0 Å². The summed E-state index contributed by atoms with van der Waals surface area (Å²) in [6.45, 7) is -1.13. The fourth-order valence-electron chi connectivity index (χ4n) is 7.15. The van der Waals surface area contributed by atoms with Crippen LogP contribution >= 0.6 is 0 Å². The zero-order valence-corrected chi connectivity index (χ0v) is 34.6. The number of methoxy groups -OCH3 is 2. The Morgan fingerprint density at radius 1 is 0.746 bits per heavy atom. The quantitative estimate of drug-likeness (QED) is 0.108. The number of amides is 1. The highest BCUT2D eigenvalue weighted by atomic mass is 32.2. The second-order valence-corrected chi connectivity index (χ2v) is 17.7. The number of likely N-dealkylation sites (tertiary alicyclic amines) is 1. The summed E-state index contributed by atoms with van der Waals surface area (Å²) in [4.78, 5) is 27.3. The predicted molar refractivity (Wildman–Crippen MR) is 214 cm³/mol. The van der Waals surface area contributed by atoms with Gasteiger partial charge in [-0.25, -0.2) is 30.3 Å². The highest BCUT2D eigenvalue weighted by Crippen LogP contribution is 2.42. The lowest BCUT2D eigenvalue weighted by molar-refractivity contribution is -0.139. The molecule has 21 heteroatoms. The Balaban J connectivity index is 1.58. The van der Waals surface area contributed by atoms with E-state index in [0.717, 1.165) is 73.8 Å². The van der Waals surface area contributed by atoms with Gasteiger partial charge in [0.05, 0.1) is 52.6 Å². The minimum atomic E-state index is -5.50. The molecule has 334 valence electrons. The molecule has 1 N–H and O–H groups in total. The minimum absolute atomic E-state index is 0.0569. The van der Waals surface area contributed by atoms with Gasteiger partial charge in [-0.3, -0.25) is 9.10 Å². The van der Waals surface area contributed by atoms with Crippen LogP contribution in [0.1, 0.15) is 47.2 Å². The summed E-state index contributed by atoms with van der Waals surface area (Å²) in [5.41, 5.74) is -4.81. The van der Waals surface area contributed by atoms with E-state index in [9.17, 15) is 53.8 Å². The van der Waals surface area contributed by atoms with Crippen LogP contribution in [0.25, 0.3) is 0 Å². The van der Waals surface area contributed by atoms with Crippen LogP contribution in [-0.2, 0) is 42.0 Å². The monoisotopic (exact) mass is 923 g/mol. The molecule has 0 aromatic heterocycles. The molecular formula is C42H36F7N3O9S2. The summed E-state index contributed by atoms with van der Waals surface area (Å²) in [6, 6.07) is 14.0. The lowest BCUT2D eigenvalue weighted by Gasteiger charge is -2.33. The molecule has 0 radical (unpaired) electrons. The van der Waals surface area contributed by atoms with E-state index in [1.54, 1.807) is 0 Å². The average Bonchev–Trinajstić information content (AvgIpc) is 3.74. The molecule has 2 unspecified atom stereocenters. The van der Waals surface area contributed by atoms with Crippen LogP contribution in [0.5, 0.6) is 11.5 Å². The van der Waals surface area contributed by atoms with Crippen molar-refractivity contribution in [1.29, 1.82) is 0 Å². The third-order valence-corrected chi connectivity index (χ3v) is 13.8. The Morgan fingerprint density at radius 2 is 1.30 bits per heavy atom. The fourth-order valence-corrected chi connectivity index (χ4v) is 10.3. The number of aliphatic carboxylic acids is 1.